The predicted octanol–water partition coefficient (Wildman–Crippen LogP) is 2.45. The molecule has 5 heteroatoms. The number of benzene rings is 2. The number of hydrogen-bond donors (Lipinski definition) is 0. The maximum Gasteiger partial charge on any atom is 0.297 e. The van der Waals surface area contributed by atoms with E-state index in [-0.39, 0.29) is 11.5 Å². The Morgan fingerprint density at radius 3 is 2.41 bits per heavy atom. The monoisotopic (exact) mass is 317 g/mol. The molecule has 0 aromatic heterocycles. The van der Waals surface area contributed by atoms with Crippen molar-refractivity contribution in [2.24, 2.45) is 0 Å². The largest absolute Gasteiger partial charge is 0.297 e. The van der Waals surface area contributed by atoms with Gasteiger partial charge in [-0.3, -0.25) is 9.08 Å². The van der Waals surface area contributed by atoms with E-state index in [1.807, 2.05) is 6.07 Å². The van der Waals surface area contributed by atoms with Crippen molar-refractivity contribution in [3.8, 4) is 0 Å². The van der Waals surface area contributed by atoms with E-state index >= 15 is 0 Å². The molecular formula is C17H19NO3S. The first-order valence-electron chi connectivity index (χ1n) is 7.39. The highest BCUT2D eigenvalue weighted by atomic mass is 32.2. The summed E-state index contributed by atoms with van der Waals surface area (Å²) in [5.41, 5.74) is 2.70. The van der Waals surface area contributed by atoms with Gasteiger partial charge in [0.1, 0.15) is 0 Å². The van der Waals surface area contributed by atoms with Gasteiger partial charge in [0.2, 0.25) is 0 Å². The minimum atomic E-state index is -3.65. The summed E-state index contributed by atoms with van der Waals surface area (Å²) in [5, 5.41) is 0. The van der Waals surface area contributed by atoms with Crippen molar-refractivity contribution >= 4 is 10.1 Å². The highest BCUT2D eigenvalue weighted by Gasteiger charge is 2.18. The van der Waals surface area contributed by atoms with E-state index in [9.17, 15) is 8.42 Å². The fourth-order valence-corrected chi connectivity index (χ4v) is 3.60. The molecule has 0 radical (unpaired) electrons. The summed E-state index contributed by atoms with van der Waals surface area (Å²) in [6, 6.07) is 16.6. The van der Waals surface area contributed by atoms with E-state index < -0.39 is 10.1 Å². The van der Waals surface area contributed by atoms with Gasteiger partial charge < -0.3 is 0 Å². The predicted molar refractivity (Wildman–Crippen MR) is 85.0 cm³/mol. The van der Waals surface area contributed by atoms with Gasteiger partial charge in [0, 0.05) is 19.6 Å². The molecule has 1 aliphatic heterocycles. The summed E-state index contributed by atoms with van der Waals surface area (Å²) in [6.45, 7) is 2.58. The minimum absolute atomic E-state index is 0.180. The average molecular weight is 317 g/mol. The van der Waals surface area contributed by atoms with Crippen molar-refractivity contribution in [2.75, 3.05) is 19.7 Å². The molecule has 0 aliphatic carbocycles. The van der Waals surface area contributed by atoms with Crippen molar-refractivity contribution in [1.82, 2.24) is 4.90 Å². The zero-order chi connectivity index (χ0) is 15.4. The second-order valence-electron chi connectivity index (χ2n) is 5.38. The maximum atomic E-state index is 12.0. The molecule has 0 bridgehead atoms. The zero-order valence-electron chi connectivity index (χ0n) is 12.3. The SMILES string of the molecule is O=S(=O)(OCCN1CCc2ccccc2C1)c1ccccc1. The Balaban J connectivity index is 1.54. The second kappa shape index (κ2) is 6.60. The molecule has 2 aromatic carbocycles. The standard InChI is InChI=1S/C17H19NO3S/c19-22(20,17-8-2-1-3-9-17)21-13-12-18-11-10-15-6-4-5-7-16(15)14-18/h1-9H,10-14H2. The second-order valence-corrected chi connectivity index (χ2v) is 7.00. The van der Waals surface area contributed by atoms with Crippen LogP contribution in [-0.2, 0) is 27.3 Å². The zero-order valence-corrected chi connectivity index (χ0v) is 13.1. The van der Waals surface area contributed by atoms with E-state index in [4.69, 9.17) is 4.18 Å². The van der Waals surface area contributed by atoms with Crippen molar-refractivity contribution in [3.63, 3.8) is 0 Å². The molecule has 0 saturated heterocycles. The van der Waals surface area contributed by atoms with Crippen molar-refractivity contribution in [3.05, 3.63) is 65.7 Å². The Morgan fingerprint density at radius 2 is 1.64 bits per heavy atom. The summed E-state index contributed by atoms with van der Waals surface area (Å²) in [6.07, 6.45) is 1.00. The van der Waals surface area contributed by atoms with Crippen LogP contribution in [-0.4, -0.2) is 33.0 Å². The van der Waals surface area contributed by atoms with Crippen LogP contribution >= 0.6 is 0 Å². The van der Waals surface area contributed by atoms with E-state index in [0.717, 1.165) is 19.5 Å². The number of rotatable bonds is 5. The van der Waals surface area contributed by atoms with Gasteiger partial charge in [0.05, 0.1) is 11.5 Å². The van der Waals surface area contributed by atoms with Crippen LogP contribution in [0.4, 0.5) is 0 Å². The Bertz CT molecular complexity index is 729. The van der Waals surface area contributed by atoms with E-state index in [1.54, 1.807) is 30.3 Å². The van der Waals surface area contributed by atoms with Crippen LogP contribution in [0.5, 0.6) is 0 Å². The number of nitrogens with zero attached hydrogens (tertiary/aromatic N) is 1. The van der Waals surface area contributed by atoms with E-state index in [1.165, 1.54) is 11.1 Å². The number of fused-ring (bicyclic) bond motifs is 1. The molecule has 22 heavy (non-hydrogen) atoms. The molecule has 116 valence electrons. The van der Waals surface area contributed by atoms with Crippen molar-refractivity contribution in [2.45, 2.75) is 17.9 Å². The molecule has 3 rings (SSSR count). The van der Waals surface area contributed by atoms with Gasteiger partial charge in [-0.25, -0.2) is 0 Å². The van der Waals surface area contributed by atoms with Crippen LogP contribution in [0.2, 0.25) is 0 Å². The average Bonchev–Trinajstić information content (AvgIpc) is 2.55. The van der Waals surface area contributed by atoms with Crippen LogP contribution in [0, 0.1) is 0 Å². The van der Waals surface area contributed by atoms with Crippen LogP contribution in [0.15, 0.2) is 59.5 Å². The summed E-state index contributed by atoms with van der Waals surface area (Å²) in [4.78, 5) is 2.43. The summed E-state index contributed by atoms with van der Waals surface area (Å²) >= 11 is 0. The van der Waals surface area contributed by atoms with Gasteiger partial charge in [-0.05, 0) is 29.7 Å². The van der Waals surface area contributed by atoms with Gasteiger partial charge in [-0.15, -0.1) is 0 Å². The van der Waals surface area contributed by atoms with E-state index in [0.29, 0.717) is 6.54 Å². The lowest BCUT2D eigenvalue weighted by Crippen LogP contribution is -2.33. The lowest BCUT2D eigenvalue weighted by Gasteiger charge is -2.28. The summed E-state index contributed by atoms with van der Waals surface area (Å²) in [7, 11) is -3.65. The Hall–Kier alpha value is -1.69. The molecule has 0 saturated carbocycles. The molecule has 0 unspecified atom stereocenters. The fraction of sp³-hybridized carbons (Fsp3) is 0.294. The Kier molecular flexibility index (Phi) is 4.57. The molecule has 0 N–H and O–H groups in total. The first-order chi connectivity index (χ1) is 10.6. The van der Waals surface area contributed by atoms with Crippen LogP contribution in [0.3, 0.4) is 0 Å². The van der Waals surface area contributed by atoms with Gasteiger partial charge in [0.25, 0.3) is 10.1 Å². The molecule has 0 atom stereocenters. The van der Waals surface area contributed by atoms with Crippen LogP contribution < -0.4 is 0 Å². The van der Waals surface area contributed by atoms with Gasteiger partial charge in [-0.1, -0.05) is 42.5 Å². The molecule has 0 amide bonds. The topological polar surface area (TPSA) is 46.6 Å². The molecule has 4 nitrogen and oxygen atoms in total. The van der Waals surface area contributed by atoms with E-state index in [2.05, 4.69) is 23.1 Å². The van der Waals surface area contributed by atoms with Crippen LogP contribution in [0.1, 0.15) is 11.1 Å². The maximum absolute atomic E-state index is 12.0. The lowest BCUT2D eigenvalue weighted by atomic mass is 10.0. The third-order valence-corrected chi connectivity index (χ3v) is 5.21. The third kappa shape index (κ3) is 3.55. The number of hydrogen-bond acceptors (Lipinski definition) is 4. The highest BCUT2D eigenvalue weighted by molar-refractivity contribution is 7.86. The van der Waals surface area contributed by atoms with Gasteiger partial charge >= 0.3 is 0 Å². The molecule has 1 aliphatic rings. The normalized spacial score (nSPS) is 15.5. The van der Waals surface area contributed by atoms with Crippen molar-refractivity contribution < 1.29 is 12.6 Å². The summed E-state index contributed by atoms with van der Waals surface area (Å²) in [5.74, 6) is 0. The van der Waals surface area contributed by atoms with Gasteiger partial charge in [-0.2, -0.15) is 8.42 Å². The molecule has 1 heterocycles. The van der Waals surface area contributed by atoms with Gasteiger partial charge in [0.15, 0.2) is 0 Å². The lowest BCUT2D eigenvalue weighted by molar-refractivity contribution is 0.199. The first kappa shape index (κ1) is 15.2. The molecule has 2 aromatic rings. The summed E-state index contributed by atoms with van der Waals surface area (Å²) < 4.78 is 29.2. The quantitative estimate of drug-likeness (QED) is 0.795. The highest BCUT2D eigenvalue weighted by Crippen LogP contribution is 2.18. The smallest absolute Gasteiger partial charge is 0.296 e. The first-order valence-corrected chi connectivity index (χ1v) is 8.79. The fourth-order valence-electron chi connectivity index (χ4n) is 2.68. The minimum Gasteiger partial charge on any atom is -0.296 e. The van der Waals surface area contributed by atoms with Crippen LogP contribution in [0.25, 0.3) is 0 Å². The third-order valence-electron chi connectivity index (χ3n) is 3.89. The molecular weight excluding hydrogens is 298 g/mol. The van der Waals surface area contributed by atoms with Crippen molar-refractivity contribution in [1.29, 1.82) is 0 Å². The molecule has 0 fully saturated rings. The Labute approximate surface area is 131 Å². The molecule has 0 spiro atoms. The Morgan fingerprint density at radius 1 is 0.955 bits per heavy atom.